The molecule has 5 aromatic rings. The monoisotopic (exact) mass is 613 g/mol. The molecule has 1 aliphatic heterocycles. The average Bonchev–Trinajstić information content (AvgIpc) is 3.83. The molecule has 0 spiro atoms. The predicted octanol–water partition coefficient (Wildman–Crippen LogP) is 8.29. The molecule has 0 amide bonds. The lowest BCUT2D eigenvalue weighted by Gasteiger charge is -2.08. The summed E-state index contributed by atoms with van der Waals surface area (Å²) >= 11 is 9.12. The third-order valence-electron chi connectivity index (χ3n) is 6.50. The van der Waals surface area contributed by atoms with Gasteiger partial charge in [-0.05, 0) is 66.3 Å². The molecule has 1 aliphatic carbocycles. The smallest absolute Gasteiger partial charge is 0.242 e. The Balaban J connectivity index is 1.12. The van der Waals surface area contributed by atoms with Crippen molar-refractivity contribution in [2.75, 3.05) is 7.05 Å². The molecule has 2 aliphatic rings. The summed E-state index contributed by atoms with van der Waals surface area (Å²) in [5.41, 5.74) is 0.634. The minimum absolute atomic E-state index is 0.0127. The molecule has 0 bridgehead atoms. The molecule has 1 aromatic carbocycles. The lowest BCUT2D eigenvalue weighted by molar-refractivity contribution is -0.108. The minimum atomic E-state index is -0.461. The van der Waals surface area contributed by atoms with E-state index in [2.05, 4.69) is 0 Å². The van der Waals surface area contributed by atoms with Crippen LogP contribution in [-0.4, -0.2) is 32.9 Å². The normalized spacial score (nSPS) is 16.9. The van der Waals surface area contributed by atoms with Crippen LogP contribution in [0.4, 0.5) is 0 Å². The molecule has 0 radical (unpaired) electrons. The zero-order valence-electron chi connectivity index (χ0n) is 23.0. The van der Waals surface area contributed by atoms with Crippen LogP contribution in [0.3, 0.4) is 0 Å². The van der Waals surface area contributed by atoms with Crippen LogP contribution in [-0.2, 0) is 4.79 Å². The zero-order valence-corrected chi connectivity index (χ0v) is 24.3. The molecule has 0 saturated carbocycles. The van der Waals surface area contributed by atoms with Crippen molar-refractivity contribution >= 4 is 79.8 Å². The zero-order chi connectivity index (χ0) is 30.0. The molecule has 7 rings (SSSR count). The van der Waals surface area contributed by atoms with Crippen LogP contribution < -0.4 is 0 Å². The fourth-order valence-corrected chi connectivity index (χ4v) is 7.46. The fourth-order valence-electron chi connectivity index (χ4n) is 4.44. The van der Waals surface area contributed by atoms with E-state index >= 15 is 0 Å². The second-order valence-electron chi connectivity index (χ2n) is 9.05. The number of thiophene rings is 2. The van der Waals surface area contributed by atoms with Crippen LogP contribution >= 0.6 is 46.7 Å². The van der Waals surface area contributed by atoms with Crippen molar-refractivity contribution in [3.63, 3.8) is 0 Å². The Morgan fingerprint density at radius 2 is 1.24 bits per heavy atom. The van der Waals surface area contributed by atoms with Gasteiger partial charge in [0.2, 0.25) is 5.12 Å². The first-order valence-electron chi connectivity index (χ1n) is 13.2. The minimum Gasteiger partial charge on any atom is -0.456 e. The Kier molecular flexibility index (Phi) is 5.80. The molecule has 41 heavy (non-hydrogen) atoms. The van der Waals surface area contributed by atoms with Crippen molar-refractivity contribution in [1.82, 2.24) is 4.90 Å². The molecule has 10 heteroatoms. The highest BCUT2D eigenvalue weighted by Gasteiger charge is 2.33. The summed E-state index contributed by atoms with van der Waals surface area (Å²) in [5, 5.41) is -0.271. The van der Waals surface area contributed by atoms with E-state index in [1.807, 2.05) is 24.3 Å². The third-order valence-corrected chi connectivity index (χ3v) is 10.2. The van der Waals surface area contributed by atoms with Crippen molar-refractivity contribution in [3.05, 3.63) is 107 Å². The largest absolute Gasteiger partial charge is 0.456 e. The number of Topliss-reactive ketones (excluding diaryl/α,β-unsaturated/α-hetero) is 2. The number of thioether (sulfide) groups is 1. The molecule has 0 unspecified atom stereocenters. The molecular weight excluding hydrogens is 595 g/mol. The van der Waals surface area contributed by atoms with Crippen LogP contribution in [0.15, 0.2) is 92.9 Å². The van der Waals surface area contributed by atoms with E-state index in [4.69, 9.17) is 23.8 Å². The Bertz CT molecular complexity index is 2060. The van der Waals surface area contributed by atoms with Gasteiger partial charge in [-0.2, -0.15) is 0 Å². The van der Waals surface area contributed by atoms with Crippen LogP contribution in [0.2, 0.25) is 0 Å². The highest BCUT2D eigenvalue weighted by molar-refractivity contribution is 8.33. The maximum absolute atomic E-state index is 12.8. The number of carbonyl (C=O) groups is 3. The number of thiocarbonyl (C=S) groups is 1. The second-order valence-corrected chi connectivity index (χ2v) is 12.8. The molecule has 1 fully saturated rings. The van der Waals surface area contributed by atoms with Gasteiger partial charge in [0.05, 0.1) is 18.1 Å². The van der Waals surface area contributed by atoms with Crippen molar-refractivity contribution in [3.8, 4) is 31.0 Å². The number of fused-ring (bicyclic) bond motifs is 1. The molecule has 1 saturated heterocycles. The Morgan fingerprint density at radius 3 is 1.76 bits per heavy atom. The fraction of sp³-hybridized carbons (Fsp3) is 0.0323. The number of hydrogen-bond donors (Lipinski definition) is 0. The van der Waals surface area contributed by atoms with Gasteiger partial charge in [0.1, 0.15) is 33.1 Å². The SMILES string of the molecule is [2H]C(=C1C(=O)c2ccccc2C1=O)c1ccc(-c2ccc(-c3ccc(-c4ccc(/C([2H])=C5/C(=O)SC(=S)N5C)o4)s3)s2)o1. The highest BCUT2D eigenvalue weighted by atomic mass is 32.2. The van der Waals surface area contributed by atoms with Gasteiger partial charge in [-0.15, -0.1) is 22.7 Å². The number of benzene rings is 1. The van der Waals surface area contributed by atoms with Crippen molar-refractivity contribution < 1.29 is 26.0 Å². The van der Waals surface area contributed by atoms with Gasteiger partial charge in [0.15, 0.2) is 11.6 Å². The third kappa shape index (κ3) is 4.58. The highest BCUT2D eigenvalue weighted by Crippen LogP contribution is 2.41. The average molecular weight is 614 g/mol. The van der Waals surface area contributed by atoms with E-state index in [0.29, 0.717) is 27.0 Å². The van der Waals surface area contributed by atoms with Gasteiger partial charge in [-0.3, -0.25) is 14.4 Å². The van der Waals surface area contributed by atoms with Crippen LogP contribution in [0.25, 0.3) is 43.1 Å². The topological polar surface area (TPSA) is 80.7 Å². The molecule has 4 aromatic heterocycles. The maximum Gasteiger partial charge on any atom is 0.242 e. The van der Waals surface area contributed by atoms with Crippen molar-refractivity contribution in [1.29, 1.82) is 0 Å². The predicted molar refractivity (Wildman–Crippen MR) is 167 cm³/mol. The van der Waals surface area contributed by atoms with E-state index in [0.717, 1.165) is 31.3 Å². The number of furan rings is 2. The van der Waals surface area contributed by atoms with E-state index < -0.39 is 11.6 Å². The summed E-state index contributed by atoms with van der Waals surface area (Å²) in [7, 11) is 1.66. The number of likely N-dealkylation sites (N-methyl/N-ethyl adjacent to an activating group) is 1. The first-order chi connectivity index (χ1) is 20.7. The van der Waals surface area contributed by atoms with Crippen LogP contribution in [0.1, 0.15) is 35.0 Å². The van der Waals surface area contributed by atoms with E-state index in [9.17, 15) is 14.4 Å². The molecule has 0 atom stereocenters. The van der Waals surface area contributed by atoms with Gasteiger partial charge < -0.3 is 13.7 Å². The Morgan fingerprint density at radius 1 is 0.732 bits per heavy atom. The lowest BCUT2D eigenvalue weighted by atomic mass is 10.1. The van der Waals surface area contributed by atoms with E-state index in [1.165, 1.54) is 27.6 Å². The van der Waals surface area contributed by atoms with Gasteiger partial charge >= 0.3 is 0 Å². The van der Waals surface area contributed by atoms with E-state index in [-0.39, 0.29) is 40.0 Å². The number of nitrogens with zero attached hydrogens (tertiary/aromatic N) is 1. The van der Waals surface area contributed by atoms with Gasteiger partial charge in [-0.25, -0.2) is 0 Å². The summed E-state index contributed by atoms with van der Waals surface area (Å²) in [4.78, 5) is 43.1. The number of ketones is 2. The molecule has 6 nitrogen and oxygen atoms in total. The second kappa shape index (κ2) is 10.1. The first kappa shape index (κ1) is 23.6. The molecular formula is C31H17NO5S4. The van der Waals surface area contributed by atoms with Crippen LogP contribution in [0, 0.1) is 0 Å². The quantitative estimate of drug-likeness (QED) is 0.111. The summed E-state index contributed by atoms with van der Waals surface area (Å²) in [5.74, 6) is 0.623. The summed E-state index contributed by atoms with van der Waals surface area (Å²) < 4.78 is 29.3. The van der Waals surface area contributed by atoms with E-state index in [1.54, 1.807) is 55.6 Å². The number of rotatable bonds is 5. The standard InChI is InChI=1S/C31H17NO5S4/c1-32-21(30(35)41-31(32)38)15-17-7-9-23(37-17)25-11-13-27(40-25)26-12-10-24(39-26)22-8-6-16(36-22)14-20-28(33)18-4-2-3-5-19(18)29(20)34/h2-15H,1H3/b21-15-/i14D,15D. The van der Waals surface area contributed by atoms with Gasteiger partial charge in [0, 0.05) is 34.0 Å². The Labute approximate surface area is 254 Å². The number of carbonyl (C=O) groups excluding carboxylic acids is 3. The van der Waals surface area contributed by atoms with Crippen LogP contribution in [0.5, 0.6) is 0 Å². The number of allylic oxidation sites excluding steroid dienone is 1. The van der Waals surface area contributed by atoms with Gasteiger partial charge in [0.25, 0.3) is 0 Å². The Hall–Kier alpha value is -4.09. The summed E-state index contributed by atoms with van der Waals surface area (Å²) in [6.07, 6.45) is 0. The molecule has 200 valence electrons. The first-order valence-corrected chi connectivity index (χ1v) is 15.1. The summed E-state index contributed by atoms with van der Waals surface area (Å²) in [6.45, 7) is 0. The number of hydrogen-bond acceptors (Lipinski definition) is 9. The molecule has 5 heterocycles. The summed E-state index contributed by atoms with van der Waals surface area (Å²) in [6, 6.07) is 20.9. The van der Waals surface area contributed by atoms with Crippen molar-refractivity contribution in [2.45, 2.75) is 0 Å². The maximum atomic E-state index is 12.8. The van der Waals surface area contributed by atoms with Gasteiger partial charge in [-0.1, -0.05) is 36.5 Å². The van der Waals surface area contributed by atoms with Crippen molar-refractivity contribution in [2.24, 2.45) is 0 Å². The lowest BCUT2D eigenvalue weighted by Crippen LogP contribution is -2.15. The molecule has 0 N–H and O–H groups in total.